The summed E-state index contributed by atoms with van der Waals surface area (Å²) < 4.78 is 1.58. The van der Waals surface area contributed by atoms with Gasteiger partial charge < -0.3 is 9.88 Å². The molecular formula is C22H17N3O2. The van der Waals surface area contributed by atoms with E-state index in [1.165, 1.54) is 0 Å². The molecule has 1 heterocycles. The van der Waals surface area contributed by atoms with Gasteiger partial charge in [-0.1, -0.05) is 48.5 Å². The first-order valence-corrected chi connectivity index (χ1v) is 8.57. The van der Waals surface area contributed by atoms with Gasteiger partial charge in [-0.25, -0.2) is 4.98 Å². The topological polar surface area (TPSA) is 64.0 Å². The van der Waals surface area contributed by atoms with Crippen LogP contribution in [0.15, 0.2) is 83.7 Å². The molecule has 0 saturated heterocycles. The molecule has 0 aliphatic carbocycles. The van der Waals surface area contributed by atoms with E-state index in [1.807, 2.05) is 42.5 Å². The number of aryl methyl sites for hydroxylation is 1. The van der Waals surface area contributed by atoms with Crippen molar-refractivity contribution in [2.24, 2.45) is 7.05 Å². The summed E-state index contributed by atoms with van der Waals surface area (Å²) >= 11 is 0. The Balaban J connectivity index is 1.82. The van der Waals surface area contributed by atoms with Crippen molar-refractivity contribution in [1.82, 2.24) is 9.55 Å². The van der Waals surface area contributed by atoms with Gasteiger partial charge in [0.2, 0.25) is 0 Å². The minimum Gasteiger partial charge on any atom is -0.321 e. The third kappa shape index (κ3) is 3.11. The van der Waals surface area contributed by atoms with Crippen molar-refractivity contribution in [1.29, 1.82) is 0 Å². The van der Waals surface area contributed by atoms with Crippen LogP contribution in [0.4, 0.5) is 5.69 Å². The van der Waals surface area contributed by atoms with E-state index in [4.69, 9.17) is 0 Å². The fraction of sp³-hybridized carbons (Fsp3) is 0.0455. The standard InChI is InChI=1S/C22H17N3O2/c1-25-19-14-8-7-13-18(19)23-20(22(25)27)16-11-5-6-12-17(16)24-21(26)15-9-3-2-4-10-15/h2-14H,1H3,(H,24,26). The molecule has 0 aliphatic heterocycles. The van der Waals surface area contributed by atoms with Crippen molar-refractivity contribution in [3.8, 4) is 11.3 Å². The normalized spacial score (nSPS) is 10.7. The van der Waals surface area contributed by atoms with Crippen LogP contribution < -0.4 is 10.9 Å². The summed E-state index contributed by atoms with van der Waals surface area (Å²) in [7, 11) is 1.72. The van der Waals surface area contributed by atoms with Crippen LogP contribution in [0, 0.1) is 0 Å². The van der Waals surface area contributed by atoms with E-state index in [9.17, 15) is 9.59 Å². The summed E-state index contributed by atoms with van der Waals surface area (Å²) in [6, 6.07) is 23.6. The molecule has 132 valence electrons. The molecule has 3 aromatic carbocycles. The molecule has 1 amide bonds. The highest BCUT2D eigenvalue weighted by atomic mass is 16.1. The van der Waals surface area contributed by atoms with E-state index in [0.29, 0.717) is 22.5 Å². The molecule has 0 fully saturated rings. The van der Waals surface area contributed by atoms with Gasteiger partial charge in [0.1, 0.15) is 5.69 Å². The Morgan fingerprint density at radius 1 is 0.889 bits per heavy atom. The largest absolute Gasteiger partial charge is 0.321 e. The monoisotopic (exact) mass is 355 g/mol. The number of benzene rings is 3. The number of nitrogens with one attached hydrogen (secondary N) is 1. The average molecular weight is 355 g/mol. The second-order valence-electron chi connectivity index (χ2n) is 6.18. The van der Waals surface area contributed by atoms with Gasteiger partial charge >= 0.3 is 0 Å². The lowest BCUT2D eigenvalue weighted by atomic mass is 10.1. The molecule has 1 aromatic heterocycles. The van der Waals surface area contributed by atoms with Crippen LogP contribution in [0.3, 0.4) is 0 Å². The van der Waals surface area contributed by atoms with Gasteiger partial charge in [-0.3, -0.25) is 9.59 Å². The summed E-state index contributed by atoms with van der Waals surface area (Å²) in [6.45, 7) is 0. The number of carbonyl (C=O) groups is 1. The Labute approximate surface area is 155 Å². The Morgan fingerprint density at radius 2 is 1.56 bits per heavy atom. The number of hydrogen-bond acceptors (Lipinski definition) is 3. The fourth-order valence-electron chi connectivity index (χ4n) is 3.04. The summed E-state index contributed by atoms with van der Waals surface area (Å²) in [6.07, 6.45) is 0. The molecule has 0 radical (unpaired) electrons. The van der Waals surface area contributed by atoms with Crippen molar-refractivity contribution in [2.45, 2.75) is 0 Å². The number of anilines is 1. The Morgan fingerprint density at radius 3 is 2.37 bits per heavy atom. The third-order valence-corrected chi connectivity index (χ3v) is 4.45. The molecule has 4 aromatic rings. The van der Waals surface area contributed by atoms with Crippen LogP contribution in [-0.4, -0.2) is 15.5 Å². The molecule has 4 rings (SSSR count). The number of rotatable bonds is 3. The van der Waals surface area contributed by atoms with Gasteiger partial charge in [0.25, 0.3) is 11.5 Å². The van der Waals surface area contributed by atoms with Crippen molar-refractivity contribution in [3.05, 3.63) is 94.8 Å². The van der Waals surface area contributed by atoms with E-state index in [0.717, 1.165) is 11.0 Å². The van der Waals surface area contributed by atoms with E-state index in [2.05, 4.69) is 10.3 Å². The Hall–Kier alpha value is -3.73. The number of nitrogens with zero attached hydrogens (tertiary/aromatic N) is 2. The molecule has 5 nitrogen and oxygen atoms in total. The smallest absolute Gasteiger partial charge is 0.277 e. The Bertz CT molecular complexity index is 1200. The van der Waals surface area contributed by atoms with Crippen molar-refractivity contribution < 1.29 is 4.79 Å². The highest BCUT2D eigenvalue weighted by molar-refractivity contribution is 6.06. The number of hydrogen-bond donors (Lipinski definition) is 1. The number of amides is 1. The second-order valence-corrected chi connectivity index (χ2v) is 6.18. The third-order valence-electron chi connectivity index (χ3n) is 4.45. The fourth-order valence-corrected chi connectivity index (χ4v) is 3.04. The number of aromatic nitrogens is 2. The molecule has 0 unspecified atom stereocenters. The zero-order valence-electron chi connectivity index (χ0n) is 14.7. The number of carbonyl (C=O) groups excluding carboxylic acids is 1. The van der Waals surface area contributed by atoms with Crippen LogP contribution in [0.2, 0.25) is 0 Å². The minimum atomic E-state index is -0.235. The van der Waals surface area contributed by atoms with Gasteiger partial charge in [-0.15, -0.1) is 0 Å². The lowest BCUT2D eigenvalue weighted by molar-refractivity contribution is 0.102. The van der Waals surface area contributed by atoms with E-state index in [-0.39, 0.29) is 11.5 Å². The maximum atomic E-state index is 12.9. The summed E-state index contributed by atoms with van der Waals surface area (Å²) in [5.41, 5.74) is 3.26. The average Bonchev–Trinajstić information content (AvgIpc) is 2.72. The van der Waals surface area contributed by atoms with Crippen LogP contribution in [-0.2, 0) is 7.05 Å². The Kier molecular flexibility index (Phi) is 4.26. The first-order chi connectivity index (χ1) is 13.1. The van der Waals surface area contributed by atoms with Gasteiger partial charge in [0.05, 0.1) is 16.7 Å². The summed E-state index contributed by atoms with van der Waals surface area (Å²) in [4.78, 5) is 30.0. The van der Waals surface area contributed by atoms with Crippen molar-refractivity contribution in [3.63, 3.8) is 0 Å². The van der Waals surface area contributed by atoms with Crippen LogP contribution >= 0.6 is 0 Å². The van der Waals surface area contributed by atoms with E-state index < -0.39 is 0 Å². The molecular weight excluding hydrogens is 338 g/mol. The highest BCUT2D eigenvalue weighted by Gasteiger charge is 2.15. The van der Waals surface area contributed by atoms with Crippen molar-refractivity contribution >= 4 is 22.6 Å². The second kappa shape index (κ2) is 6.88. The van der Waals surface area contributed by atoms with Gasteiger partial charge in [-0.05, 0) is 30.3 Å². The molecule has 1 N–H and O–H groups in total. The maximum Gasteiger partial charge on any atom is 0.277 e. The molecule has 5 heteroatoms. The summed E-state index contributed by atoms with van der Waals surface area (Å²) in [5, 5.41) is 2.89. The van der Waals surface area contributed by atoms with E-state index >= 15 is 0 Å². The van der Waals surface area contributed by atoms with Gasteiger partial charge in [-0.2, -0.15) is 0 Å². The zero-order valence-corrected chi connectivity index (χ0v) is 14.7. The lowest BCUT2D eigenvalue weighted by Gasteiger charge is -2.12. The predicted octanol–water partition coefficient (Wildman–Crippen LogP) is 3.85. The van der Waals surface area contributed by atoms with Crippen LogP contribution in [0.1, 0.15) is 10.4 Å². The summed E-state index contributed by atoms with van der Waals surface area (Å²) in [5.74, 6) is -0.235. The quantitative estimate of drug-likeness (QED) is 0.607. The van der Waals surface area contributed by atoms with Gasteiger partial charge in [0.15, 0.2) is 0 Å². The minimum absolute atomic E-state index is 0.213. The lowest BCUT2D eigenvalue weighted by Crippen LogP contribution is -2.21. The first kappa shape index (κ1) is 16.7. The van der Waals surface area contributed by atoms with Crippen LogP contribution in [0.5, 0.6) is 0 Å². The number of para-hydroxylation sites is 3. The number of fused-ring (bicyclic) bond motifs is 1. The molecule has 0 bridgehead atoms. The van der Waals surface area contributed by atoms with Crippen molar-refractivity contribution in [2.75, 3.05) is 5.32 Å². The SMILES string of the molecule is Cn1c(=O)c(-c2ccccc2NC(=O)c2ccccc2)nc2ccccc21. The highest BCUT2D eigenvalue weighted by Crippen LogP contribution is 2.26. The van der Waals surface area contributed by atoms with E-state index in [1.54, 1.807) is 48.0 Å². The molecule has 0 saturated carbocycles. The molecule has 0 atom stereocenters. The first-order valence-electron chi connectivity index (χ1n) is 8.57. The molecule has 27 heavy (non-hydrogen) atoms. The molecule has 0 spiro atoms. The predicted molar refractivity (Wildman–Crippen MR) is 107 cm³/mol. The molecule has 0 aliphatic rings. The zero-order chi connectivity index (χ0) is 18.8. The van der Waals surface area contributed by atoms with Crippen LogP contribution in [0.25, 0.3) is 22.3 Å². The maximum absolute atomic E-state index is 12.9. The van der Waals surface area contributed by atoms with Gasteiger partial charge in [0, 0.05) is 18.2 Å².